The number of hydrogen-bond acceptors (Lipinski definition) is 7. The summed E-state index contributed by atoms with van der Waals surface area (Å²) < 4.78 is 53.8. The third-order valence-corrected chi connectivity index (χ3v) is 5.68. The summed E-state index contributed by atoms with van der Waals surface area (Å²) in [7, 11) is -4.80. The van der Waals surface area contributed by atoms with Gasteiger partial charge >= 0.3 is 5.69 Å². The molecule has 0 saturated carbocycles. The molecular weight excluding hydrogens is 394 g/mol. The van der Waals surface area contributed by atoms with Gasteiger partial charge in [-0.3, -0.25) is 15.1 Å². The maximum atomic E-state index is 14.0. The molecule has 0 saturated heterocycles. The van der Waals surface area contributed by atoms with Crippen molar-refractivity contribution >= 4 is 33.8 Å². The number of nitrogens with zero attached hydrogens (tertiary/aromatic N) is 4. The second-order valence-electron chi connectivity index (χ2n) is 5.04. The van der Waals surface area contributed by atoms with E-state index in [-0.39, 0.29) is 5.82 Å². The number of sulfone groups is 1. The summed E-state index contributed by atoms with van der Waals surface area (Å²) in [6.45, 7) is 3.84. The molecule has 1 aromatic heterocycles. The highest BCUT2D eigenvalue weighted by atomic mass is 35.5. The molecule has 8 nitrogen and oxygen atoms in total. The van der Waals surface area contributed by atoms with Gasteiger partial charge in [0.25, 0.3) is 0 Å². The van der Waals surface area contributed by atoms with E-state index in [0.717, 1.165) is 18.2 Å². The first kappa shape index (κ1) is 19.8. The quantitative estimate of drug-likeness (QED) is 0.316. The van der Waals surface area contributed by atoms with Crippen LogP contribution >= 0.6 is 11.6 Å². The maximum absolute atomic E-state index is 14.0. The van der Waals surface area contributed by atoms with Gasteiger partial charge in [0.05, 0.1) is 11.5 Å². The Balaban J connectivity index is 2.83. The minimum Gasteiger partial charge on any atom is -0.299 e. The molecule has 1 atom stereocenters. The first-order valence-corrected chi connectivity index (χ1v) is 8.82. The highest BCUT2D eigenvalue weighted by Gasteiger charge is 2.40. The van der Waals surface area contributed by atoms with Gasteiger partial charge in [-0.15, -0.1) is 0 Å². The average Bonchev–Trinajstić information content (AvgIpc) is 2.50. The fourth-order valence-electron chi connectivity index (χ4n) is 2.29. The van der Waals surface area contributed by atoms with Gasteiger partial charge in [-0.25, -0.2) is 27.2 Å². The van der Waals surface area contributed by atoms with Crippen LogP contribution in [0.2, 0.25) is 5.15 Å². The number of aliphatic imine (C=N–C) groups is 1. The molecule has 138 valence electrons. The summed E-state index contributed by atoms with van der Waals surface area (Å²) in [5.74, 6) is -2.76. The van der Waals surface area contributed by atoms with Crippen molar-refractivity contribution < 1.29 is 22.1 Å². The first-order chi connectivity index (χ1) is 12.1. The zero-order valence-electron chi connectivity index (χ0n) is 13.2. The van der Waals surface area contributed by atoms with Gasteiger partial charge in [0, 0.05) is 0 Å². The Morgan fingerprint density at radius 1 is 1.35 bits per heavy atom. The summed E-state index contributed by atoms with van der Waals surface area (Å²) in [5, 5.41) is 8.83. The summed E-state index contributed by atoms with van der Waals surface area (Å²) >= 11 is 5.75. The Hall–Kier alpha value is -2.53. The highest BCUT2D eigenvalue weighted by Crippen LogP contribution is 2.38. The van der Waals surface area contributed by atoms with Crippen molar-refractivity contribution in [3.05, 3.63) is 56.6 Å². The zero-order chi connectivity index (χ0) is 19.6. The summed E-state index contributed by atoms with van der Waals surface area (Å²) in [6, 6.07) is 2.49. The van der Waals surface area contributed by atoms with Gasteiger partial charge in [0.15, 0.2) is 9.84 Å². The molecule has 1 unspecified atom stereocenters. The third-order valence-electron chi connectivity index (χ3n) is 3.34. The molecule has 0 aliphatic heterocycles. The van der Waals surface area contributed by atoms with Crippen LogP contribution in [-0.4, -0.2) is 36.6 Å². The maximum Gasteiger partial charge on any atom is 0.329 e. The first-order valence-electron chi connectivity index (χ1n) is 6.90. The van der Waals surface area contributed by atoms with E-state index in [2.05, 4.69) is 21.7 Å². The second kappa shape index (κ2) is 7.38. The monoisotopic (exact) mass is 404 g/mol. The van der Waals surface area contributed by atoms with Crippen molar-refractivity contribution in [2.75, 3.05) is 6.54 Å². The lowest BCUT2D eigenvalue weighted by Gasteiger charge is -2.17. The van der Waals surface area contributed by atoms with E-state index in [1.165, 1.54) is 6.92 Å². The van der Waals surface area contributed by atoms with Gasteiger partial charge in [-0.05, 0) is 25.8 Å². The number of benzene rings is 1. The lowest BCUT2D eigenvalue weighted by Crippen LogP contribution is -2.22. The largest absolute Gasteiger partial charge is 0.329 e. The van der Waals surface area contributed by atoms with Crippen molar-refractivity contribution in [3.63, 3.8) is 0 Å². The molecule has 0 amide bonds. The topological polar surface area (TPSA) is 115 Å². The summed E-state index contributed by atoms with van der Waals surface area (Å²) in [4.78, 5) is 19.9. The molecule has 0 spiro atoms. The molecule has 0 aliphatic rings. The molecule has 26 heavy (non-hydrogen) atoms. The van der Waals surface area contributed by atoms with Crippen molar-refractivity contribution in [3.8, 4) is 0 Å². The van der Waals surface area contributed by atoms with Crippen LogP contribution in [0.15, 0.2) is 28.1 Å². The molecule has 12 heteroatoms. The van der Waals surface area contributed by atoms with E-state index in [1.54, 1.807) is 0 Å². The molecule has 2 aromatic rings. The van der Waals surface area contributed by atoms with Crippen LogP contribution in [-0.2, 0) is 9.84 Å². The Bertz CT molecular complexity index is 980. The number of aryl methyl sites for hydroxylation is 1. The van der Waals surface area contributed by atoms with Crippen molar-refractivity contribution in [2.45, 2.75) is 17.1 Å². The number of nitro groups is 1. The van der Waals surface area contributed by atoms with Crippen molar-refractivity contribution in [1.82, 2.24) is 9.97 Å². The molecule has 2 rings (SSSR count). The fraction of sp³-hybridized carbons (Fsp3) is 0.214. The minimum atomic E-state index is -4.80. The SMILES string of the molecule is C=NCC(c1nc(C)nc(Cl)c1[N+](=O)[O-])S(=O)(=O)c1c(F)cccc1F. The van der Waals surface area contributed by atoms with Crippen LogP contribution in [0.3, 0.4) is 0 Å². The molecule has 0 radical (unpaired) electrons. The number of halogens is 3. The minimum absolute atomic E-state index is 0.0612. The molecule has 0 bridgehead atoms. The molecule has 1 aromatic carbocycles. The van der Waals surface area contributed by atoms with Crippen LogP contribution in [0.4, 0.5) is 14.5 Å². The van der Waals surface area contributed by atoms with Crippen LogP contribution in [0.25, 0.3) is 0 Å². The van der Waals surface area contributed by atoms with Gasteiger partial charge in [0.2, 0.25) is 5.15 Å². The van der Waals surface area contributed by atoms with Crippen LogP contribution < -0.4 is 0 Å². The van der Waals surface area contributed by atoms with E-state index in [4.69, 9.17) is 11.6 Å². The second-order valence-corrected chi connectivity index (χ2v) is 7.47. The average molecular weight is 405 g/mol. The van der Waals surface area contributed by atoms with E-state index < -0.39 is 59.6 Å². The van der Waals surface area contributed by atoms with Crippen LogP contribution in [0.5, 0.6) is 0 Å². The molecule has 0 N–H and O–H groups in total. The summed E-state index contributed by atoms with van der Waals surface area (Å²) in [6.07, 6.45) is 0. The normalized spacial score (nSPS) is 12.6. The predicted octanol–water partition coefficient (Wildman–Crippen LogP) is 2.84. The highest BCUT2D eigenvalue weighted by molar-refractivity contribution is 7.91. The Kier molecular flexibility index (Phi) is 5.62. The van der Waals surface area contributed by atoms with E-state index in [0.29, 0.717) is 0 Å². The lowest BCUT2D eigenvalue weighted by molar-refractivity contribution is -0.386. The van der Waals surface area contributed by atoms with E-state index in [1.807, 2.05) is 0 Å². The van der Waals surface area contributed by atoms with Gasteiger partial charge in [0.1, 0.15) is 33.3 Å². The van der Waals surface area contributed by atoms with Crippen molar-refractivity contribution in [1.29, 1.82) is 0 Å². The van der Waals surface area contributed by atoms with Gasteiger partial charge in [-0.2, -0.15) is 0 Å². The fourth-order valence-corrected chi connectivity index (χ4v) is 4.30. The number of hydrogen-bond donors (Lipinski definition) is 0. The Morgan fingerprint density at radius 2 is 1.92 bits per heavy atom. The molecular formula is C14H11ClF2N4O4S. The summed E-state index contributed by atoms with van der Waals surface area (Å²) in [5.41, 5.74) is -1.51. The van der Waals surface area contributed by atoms with E-state index in [9.17, 15) is 27.3 Å². The molecule has 1 heterocycles. The third kappa shape index (κ3) is 3.53. The van der Waals surface area contributed by atoms with Gasteiger partial charge < -0.3 is 0 Å². The lowest BCUT2D eigenvalue weighted by atomic mass is 10.2. The number of rotatable bonds is 6. The Morgan fingerprint density at radius 3 is 2.42 bits per heavy atom. The van der Waals surface area contributed by atoms with Crippen LogP contribution in [0, 0.1) is 28.7 Å². The van der Waals surface area contributed by atoms with E-state index >= 15 is 0 Å². The predicted molar refractivity (Wildman–Crippen MR) is 89.1 cm³/mol. The smallest absolute Gasteiger partial charge is 0.299 e. The standard InChI is InChI=1S/C14H11ClF2N4O4S/c1-7-19-11(12(21(22)23)14(15)20-7)10(6-18-2)26(24,25)13-8(16)4-3-5-9(13)17/h3-5,10H,2,6H2,1H3. The molecule has 0 fully saturated rings. The van der Waals surface area contributed by atoms with Crippen molar-refractivity contribution in [2.24, 2.45) is 4.99 Å². The van der Waals surface area contributed by atoms with Crippen LogP contribution in [0.1, 0.15) is 16.8 Å². The van der Waals surface area contributed by atoms with Gasteiger partial charge in [-0.1, -0.05) is 17.7 Å². The number of aromatic nitrogens is 2. The zero-order valence-corrected chi connectivity index (χ0v) is 14.8. The molecule has 0 aliphatic carbocycles. The Labute approximate surface area is 151 Å².